The molecule has 0 fully saturated rings. The third-order valence-electron chi connectivity index (χ3n) is 10.2. The average molecular weight is 835 g/mol. The van der Waals surface area contributed by atoms with Gasteiger partial charge in [0.25, 0.3) is 0 Å². The van der Waals surface area contributed by atoms with Gasteiger partial charge in [-0.1, -0.05) is 202 Å². The molecule has 0 aliphatic rings. The van der Waals surface area contributed by atoms with E-state index in [0.717, 1.165) is 109 Å². The van der Waals surface area contributed by atoms with Crippen molar-refractivity contribution in [3.05, 3.63) is 85.1 Å². The number of rotatable bonds is 43. The standard InChI is InChI=1S/C54H90O6/c1-4-7-10-13-16-19-22-25-27-30-32-35-38-41-44-47-53(56)59-50-51(49-58-52(55)46-43-40-37-34-31-28-24-21-18-15-12-9-6-3)60-54(57)48-45-42-39-36-33-29-26-23-20-17-14-11-8-5-2/h7,9-10,12-13,15-16,18-19,21-22,24,29,33,51H,4-6,8,11,14,17,20,23,25-28,30-32,34-50H2,1-3H3/b10-7+,12-9+,16-13+,18-15+,22-19+,24-21+,33-29+. The van der Waals surface area contributed by atoms with Crippen LogP contribution in [0.4, 0.5) is 0 Å². The monoisotopic (exact) mass is 835 g/mol. The van der Waals surface area contributed by atoms with Crippen LogP contribution in [-0.2, 0) is 28.6 Å². The zero-order chi connectivity index (χ0) is 43.7. The van der Waals surface area contributed by atoms with Crippen LogP contribution in [0, 0.1) is 0 Å². The van der Waals surface area contributed by atoms with Crippen LogP contribution in [0.15, 0.2) is 85.1 Å². The molecular formula is C54H90O6. The Morgan fingerprint density at radius 2 is 0.667 bits per heavy atom. The molecule has 342 valence electrons. The lowest BCUT2D eigenvalue weighted by atomic mass is 10.1. The van der Waals surface area contributed by atoms with Gasteiger partial charge in [-0.2, -0.15) is 0 Å². The van der Waals surface area contributed by atoms with Gasteiger partial charge in [-0.25, -0.2) is 0 Å². The summed E-state index contributed by atoms with van der Waals surface area (Å²) in [6.45, 7) is 6.32. The summed E-state index contributed by atoms with van der Waals surface area (Å²) < 4.78 is 16.7. The van der Waals surface area contributed by atoms with E-state index in [1.54, 1.807) is 0 Å². The predicted octanol–water partition coefficient (Wildman–Crippen LogP) is 16.0. The molecule has 0 spiro atoms. The van der Waals surface area contributed by atoms with E-state index in [1.165, 1.54) is 70.6 Å². The smallest absolute Gasteiger partial charge is 0.306 e. The van der Waals surface area contributed by atoms with Crippen molar-refractivity contribution in [1.82, 2.24) is 0 Å². The lowest BCUT2D eigenvalue weighted by Crippen LogP contribution is -2.30. The topological polar surface area (TPSA) is 78.9 Å². The average Bonchev–Trinajstić information content (AvgIpc) is 3.24. The lowest BCUT2D eigenvalue weighted by Gasteiger charge is -2.18. The maximum atomic E-state index is 12.8. The minimum atomic E-state index is -0.797. The summed E-state index contributed by atoms with van der Waals surface area (Å²) in [7, 11) is 0. The Balaban J connectivity index is 4.46. The highest BCUT2D eigenvalue weighted by atomic mass is 16.6. The van der Waals surface area contributed by atoms with Crippen molar-refractivity contribution in [2.75, 3.05) is 13.2 Å². The van der Waals surface area contributed by atoms with Gasteiger partial charge in [-0.3, -0.25) is 14.4 Å². The SMILES string of the molecule is CC/C=C/C=C/C=C/CCCCCCCCCC(=O)OCC(COC(=O)CCCCCCC/C=C/C=C/C=C/CC)OC(=O)CCCCC/C=C/CCCCCCCCC. The molecule has 0 rings (SSSR count). The third-order valence-corrected chi connectivity index (χ3v) is 10.2. The largest absolute Gasteiger partial charge is 0.462 e. The Morgan fingerprint density at radius 3 is 1.07 bits per heavy atom. The quantitative estimate of drug-likeness (QED) is 0.0200. The fourth-order valence-corrected chi connectivity index (χ4v) is 6.55. The van der Waals surface area contributed by atoms with E-state index in [9.17, 15) is 14.4 Å². The number of carbonyl (C=O) groups excluding carboxylic acids is 3. The summed E-state index contributed by atoms with van der Waals surface area (Å²) in [5, 5.41) is 0. The van der Waals surface area contributed by atoms with Crippen molar-refractivity contribution in [2.45, 2.75) is 226 Å². The Kier molecular flexibility index (Phi) is 45.5. The molecule has 0 saturated carbocycles. The van der Waals surface area contributed by atoms with Crippen molar-refractivity contribution in [2.24, 2.45) is 0 Å². The van der Waals surface area contributed by atoms with Gasteiger partial charge < -0.3 is 14.2 Å². The first-order chi connectivity index (χ1) is 29.5. The summed E-state index contributed by atoms with van der Waals surface area (Å²) in [6.07, 6.45) is 61.3. The van der Waals surface area contributed by atoms with Crippen LogP contribution in [0.5, 0.6) is 0 Å². The summed E-state index contributed by atoms with van der Waals surface area (Å²) in [6, 6.07) is 0. The van der Waals surface area contributed by atoms with Crippen LogP contribution in [0.3, 0.4) is 0 Å². The van der Waals surface area contributed by atoms with Gasteiger partial charge >= 0.3 is 17.9 Å². The minimum Gasteiger partial charge on any atom is -0.462 e. The summed E-state index contributed by atoms with van der Waals surface area (Å²) in [5.41, 5.74) is 0. The molecule has 0 aromatic carbocycles. The number of hydrogen-bond acceptors (Lipinski definition) is 6. The number of hydrogen-bond donors (Lipinski definition) is 0. The van der Waals surface area contributed by atoms with Crippen molar-refractivity contribution >= 4 is 17.9 Å². The normalized spacial score (nSPS) is 12.8. The molecule has 0 aromatic heterocycles. The molecule has 1 atom stereocenters. The molecule has 0 amide bonds. The number of unbranched alkanes of at least 4 members (excludes halogenated alkanes) is 22. The number of allylic oxidation sites excluding steroid dienone is 14. The van der Waals surface area contributed by atoms with Gasteiger partial charge in [-0.05, 0) is 83.5 Å². The Morgan fingerprint density at radius 1 is 0.350 bits per heavy atom. The summed E-state index contributed by atoms with van der Waals surface area (Å²) in [5.74, 6) is -0.948. The van der Waals surface area contributed by atoms with E-state index < -0.39 is 6.10 Å². The predicted molar refractivity (Wildman–Crippen MR) is 256 cm³/mol. The summed E-state index contributed by atoms with van der Waals surface area (Å²) >= 11 is 0. The highest BCUT2D eigenvalue weighted by Gasteiger charge is 2.19. The molecule has 0 N–H and O–H groups in total. The first kappa shape index (κ1) is 56.6. The van der Waals surface area contributed by atoms with E-state index in [-0.39, 0.29) is 31.1 Å². The maximum absolute atomic E-state index is 12.8. The van der Waals surface area contributed by atoms with Crippen molar-refractivity contribution in [1.29, 1.82) is 0 Å². The second-order valence-electron chi connectivity index (χ2n) is 16.1. The van der Waals surface area contributed by atoms with Gasteiger partial charge in [-0.15, -0.1) is 0 Å². The molecule has 0 heterocycles. The molecule has 0 aliphatic carbocycles. The lowest BCUT2D eigenvalue weighted by molar-refractivity contribution is -0.167. The second kappa shape index (κ2) is 48.3. The van der Waals surface area contributed by atoms with Crippen molar-refractivity contribution in [3.8, 4) is 0 Å². The Hall–Kier alpha value is -3.41. The molecule has 0 radical (unpaired) electrons. The highest BCUT2D eigenvalue weighted by Crippen LogP contribution is 2.14. The first-order valence-electron chi connectivity index (χ1n) is 24.7. The Bertz CT molecular complexity index is 1190. The third kappa shape index (κ3) is 45.7. The van der Waals surface area contributed by atoms with Crippen molar-refractivity contribution in [3.63, 3.8) is 0 Å². The Labute approximate surface area is 369 Å². The molecule has 1 unspecified atom stereocenters. The van der Waals surface area contributed by atoms with Crippen LogP contribution < -0.4 is 0 Å². The van der Waals surface area contributed by atoms with Gasteiger partial charge in [0.2, 0.25) is 0 Å². The molecule has 0 aromatic rings. The van der Waals surface area contributed by atoms with E-state index >= 15 is 0 Å². The van der Waals surface area contributed by atoms with Crippen LogP contribution in [0.25, 0.3) is 0 Å². The zero-order valence-corrected chi connectivity index (χ0v) is 38.9. The number of ether oxygens (including phenoxy) is 3. The molecular weight excluding hydrogens is 745 g/mol. The van der Waals surface area contributed by atoms with Crippen LogP contribution >= 0.6 is 0 Å². The van der Waals surface area contributed by atoms with Gasteiger partial charge in [0.15, 0.2) is 6.10 Å². The fourth-order valence-electron chi connectivity index (χ4n) is 6.55. The molecule has 6 heteroatoms. The zero-order valence-electron chi connectivity index (χ0n) is 38.9. The molecule has 0 saturated heterocycles. The van der Waals surface area contributed by atoms with Crippen LogP contribution in [0.2, 0.25) is 0 Å². The van der Waals surface area contributed by atoms with Gasteiger partial charge in [0, 0.05) is 19.3 Å². The van der Waals surface area contributed by atoms with E-state index in [1.807, 2.05) is 0 Å². The second-order valence-corrected chi connectivity index (χ2v) is 16.1. The van der Waals surface area contributed by atoms with E-state index in [2.05, 4.69) is 106 Å². The van der Waals surface area contributed by atoms with Crippen LogP contribution in [-0.4, -0.2) is 37.2 Å². The first-order valence-corrected chi connectivity index (χ1v) is 24.7. The minimum absolute atomic E-state index is 0.0965. The van der Waals surface area contributed by atoms with Gasteiger partial charge in [0.1, 0.15) is 13.2 Å². The highest BCUT2D eigenvalue weighted by molar-refractivity contribution is 5.71. The maximum Gasteiger partial charge on any atom is 0.306 e. The molecule has 60 heavy (non-hydrogen) atoms. The van der Waals surface area contributed by atoms with E-state index in [4.69, 9.17) is 14.2 Å². The molecule has 0 aliphatic heterocycles. The van der Waals surface area contributed by atoms with Crippen molar-refractivity contribution < 1.29 is 28.6 Å². The molecule has 0 bridgehead atoms. The van der Waals surface area contributed by atoms with Crippen LogP contribution in [0.1, 0.15) is 220 Å². The summed E-state index contributed by atoms with van der Waals surface area (Å²) in [4.78, 5) is 37.9. The van der Waals surface area contributed by atoms with Gasteiger partial charge in [0.05, 0.1) is 0 Å². The van der Waals surface area contributed by atoms with E-state index in [0.29, 0.717) is 19.3 Å². The number of esters is 3. The number of carbonyl (C=O) groups is 3. The fraction of sp³-hybridized carbons (Fsp3) is 0.685. The molecule has 6 nitrogen and oxygen atoms in total.